The normalized spacial score (nSPS) is 10.1. The lowest BCUT2D eigenvalue weighted by Crippen LogP contribution is -2.48. The van der Waals surface area contributed by atoms with Gasteiger partial charge in [-0.3, -0.25) is 25.8 Å². The summed E-state index contributed by atoms with van der Waals surface area (Å²) < 4.78 is 15.9. The van der Waals surface area contributed by atoms with Gasteiger partial charge in [-0.05, 0) is 55.0 Å². The van der Waals surface area contributed by atoms with Crippen molar-refractivity contribution in [1.82, 2.24) is 16.2 Å². The van der Waals surface area contributed by atoms with E-state index in [1.54, 1.807) is 55.6 Å². The van der Waals surface area contributed by atoms with Crippen molar-refractivity contribution >= 4 is 29.1 Å². The van der Waals surface area contributed by atoms with Gasteiger partial charge in [0, 0.05) is 12.7 Å². The summed E-state index contributed by atoms with van der Waals surface area (Å²) in [6, 6.07) is 13.4. The first-order valence-corrected chi connectivity index (χ1v) is 9.81. The van der Waals surface area contributed by atoms with Crippen molar-refractivity contribution in [2.75, 3.05) is 26.9 Å². The minimum absolute atomic E-state index is 0.0410. The predicted molar refractivity (Wildman–Crippen MR) is 117 cm³/mol. The molecule has 0 fully saturated rings. The van der Waals surface area contributed by atoms with Crippen LogP contribution in [-0.4, -0.2) is 43.9 Å². The van der Waals surface area contributed by atoms with E-state index in [0.29, 0.717) is 42.4 Å². The Bertz CT molecular complexity index is 858. The SMILES string of the molecule is CCCOc1ccccc1C(=O)NNC(=S)NC(=O)c1ccc(OCCOC)cc1. The largest absolute Gasteiger partial charge is 0.493 e. The van der Waals surface area contributed by atoms with E-state index in [-0.39, 0.29) is 5.11 Å². The summed E-state index contributed by atoms with van der Waals surface area (Å²) in [5.41, 5.74) is 5.72. The number of hydrogen-bond acceptors (Lipinski definition) is 6. The number of hydrazine groups is 1. The third kappa shape index (κ3) is 7.34. The van der Waals surface area contributed by atoms with Crippen molar-refractivity contribution in [3.05, 3.63) is 59.7 Å². The first-order chi connectivity index (χ1) is 14.5. The molecule has 0 heterocycles. The van der Waals surface area contributed by atoms with Crippen LogP contribution < -0.4 is 25.6 Å². The third-order valence-corrected chi connectivity index (χ3v) is 3.99. The van der Waals surface area contributed by atoms with Crippen LogP contribution in [-0.2, 0) is 4.74 Å². The Kier molecular flexibility index (Phi) is 9.56. The highest BCUT2D eigenvalue weighted by Gasteiger charge is 2.13. The van der Waals surface area contributed by atoms with Crippen LogP contribution in [0.15, 0.2) is 48.5 Å². The Morgan fingerprint density at radius 2 is 1.63 bits per heavy atom. The second-order valence-electron chi connectivity index (χ2n) is 6.07. The molecule has 0 aliphatic rings. The van der Waals surface area contributed by atoms with Gasteiger partial charge in [0.2, 0.25) is 0 Å². The highest BCUT2D eigenvalue weighted by Crippen LogP contribution is 2.17. The van der Waals surface area contributed by atoms with E-state index < -0.39 is 11.8 Å². The lowest BCUT2D eigenvalue weighted by molar-refractivity contribution is 0.0931. The number of para-hydroxylation sites is 1. The minimum Gasteiger partial charge on any atom is -0.493 e. The topological polar surface area (TPSA) is 97.9 Å². The Morgan fingerprint density at radius 3 is 2.33 bits per heavy atom. The molecule has 2 amide bonds. The second-order valence-corrected chi connectivity index (χ2v) is 6.48. The number of rotatable bonds is 9. The highest BCUT2D eigenvalue weighted by molar-refractivity contribution is 7.80. The van der Waals surface area contributed by atoms with Gasteiger partial charge in [0.15, 0.2) is 5.11 Å². The lowest BCUT2D eigenvalue weighted by Gasteiger charge is -2.13. The van der Waals surface area contributed by atoms with E-state index in [2.05, 4.69) is 16.2 Å². The number of amides is 2. The average molecular weight is 432 g/mol. The van der Waals surface area contributed by atoms with Crippen LogP contribution >= 0.6 is 12.2 Å². The predicted octanol–water partition coefficient (Wildman–Crippen LogP) is 2.45. The van der Waals surface area contributed by atoms with Crippen LogP contribution in [0.1, 0.15) is 34.1 Å². The van der Waals surface area contributed by atoms with Crippen LogP contribution in [0.25, 0.3) is 0 Å². The zero-order chi connectivity index (χ0) is 21.8. The van der Waals surface area contributed by atoms with Gasteiger partial charge in [0.05, 0.1) is 18.8 Å². The molecule has 0 aliphatic heterocycles. The Hall–Kier alpha value is -3.17. The number of thiocarbonyl (C=S) groups is 1. The minimum atomic E-state index is -0.434. The number of carbonyl (C=O) groups excluding carboxylic acids is 2. The first kappa shape index (κ1) is 23.1. The molecule has 0 aromatic heterocycles. The van der Waals surface area contributed by atoms with E-state index in [1.807, 2.05) is 6.92 Å². The van der Waals surface area contributed by atoms with E-state index >= 15 is 0 Å². The maximum Gasteiger partial charge on any atom is 0.273 e. The zero-order valence-corrected chi connectivity index (χ0v) is 17.7. The standard InChI is InChI=1S/C21H25N3O5S/c1-3-12-29-18-7-5-4-6-17(18)20(26)23-24-21(30)22-19(25)15-8-10-16(11-9-15)28-14-13-27-2/h4-11H,3,12-14H2,1-2H3,(H,23,26)(H2,22,24,25,30). The van der Waals surface area contributed by atoms with Gasteiger partial charge in [0.1, 0.15) is 18.1 Å². The van der Waals surface area contributed by atoms with Crippen molar-refractivity contribution in [2.45, 2.75) is 13.3 Å². The molecule has 160 valence electrons. The molecule has 0 spiro atoms. The molecule has 0 saturated carbocycles. The molecule has 0 radical (unpaired) electrons. The van der Waals surface area contributed by atoms with E-state index in [1.165, 1.54) is 0 Å². The summed E-state index contributed by atoms with van der Waals surface area (Å²) in [7, 11) is 1.59. The van der Waals surface area contributed by atoms with Gasteiger partial charge in [-0.15, -0.1) is 0 Å². The highest BCUT2D eigenvalue weighted by atomic mass is 32.1. The molecule has 2 rings (SSSR count). The number of hydrogen-bond donors (Lipinski definition) is 3. The van der Waals surface area contributed by atoms with Crippen molar-refractivity contribution in [3.8, 4) is 11.5 Å². The Balaban J connectivity index is 1.84. The Labute approximate surface area is 180 Å². The van der Waals surface area contributed by atoms with Crippen molar-refractivity contribution in [1.29, 1.82) is 0 Å². The van der Waals surface area contributed by atoms with Crippen LogP contribution in [0.4, 0.5) is 0 Å². The third-order valence-electron chi connectivity index (χ3n) is 3.78. The van der Waals surface area contributed by atoms with Gasteiger partial charge in [-0.1, -0.05) is 19.1 Å². The lowest BCUT2D eigenvalue weighted by atomic mass is 10.2. The molecule has 0 bridgehead atoms. The molecule has 0 saturated heterocycles. The van der Waals surface area contributed by atoms with Crippen LogP contribution in [0, 0.1) is 0 Å². The quantitative estimate of drug-likeness (QED) is 0.319. The monoisotopic (exact) mass is 431 g/mol. The smallest absolute Gasteiger partial charge is 0.273 e. The summed E-state index contributed by atoms with van der Waals surface area (Å²) >= 11 is 5.07. The molecule has 2 aromatic carbocycles. The van der Waals surface area contributed by atoms with Gasteiger partial charge < -0.3 is 14.2 Å². The molecular weight excluding hydrogens is 406 g/mol. The number of carbonyl (C=O) groups is 2. The fraction of sp³-hybridized carbons (Fsp3) is 0.286. The number of methoxy groups -OCH3 is 1. The van der Waals surface area contributed by atoms with Gasteiger partial charge in [-0.2, -0.15) is 0 Å². The maximum absolute atomic E-state index is 12.4. The molecule has 0 unspecified atom stereocenters. The Morgan fingerprint density at radius 1 is 0.900 bits per heavy atom. The summed E-state index contributed by atoms with van der Waals surface area (Å²) in [5, 5.41) is 2.46. The molecule has 2 aromatic rings. The molecule has 3 N–H and O–H groups in total. The van der Waals surface area contributed by atoms with E-state index in [4.69, 9.17) is 26.4 Å². The molecular formula is C21H25N3O5S. The fourth-order valence-electron chi connectivity index (χ4n) is 2.32. The summed E-state index contributed by atoms with van der Waals surface area (Å²) in [5.74, 6) is 0.245. The van der Waals surface area contributed by atoms with Crippen LogP contribution in [0.5, 0.6) is 11.5 Å². The second kappa shape index (κ2) is 12.4. The van der Waals surface area contributed by atoms with Gasteiger partial charge in [0.25, 0.3) is 11.8 Å². The van der Waals surface area contributed by atoms with E-state index in [9.17, 15) is 9.59 Å². The molecule has 8 nitrogen and oxygen atoms in total. The maximum atomic E-state index is 12.4. The number of nitrogens with one attached hydrogen (secondary N) is 3. The fourth-order valence-corrected chi connectivity index (χ4v) is 2.47. The summed E-state index contributed by atoms with van der Waals surface area (Å²) in [4.78, 5) is 24.7. The average Bonchev–Trinajstić information content (AvgIpc) is 2.77. The van der Waals surface area contributed by atoms with Crippen molar-refractivity contribution < 1.29 is 23.8 Å². The number of ether oxygens (including phenoxy) is 3. The van der Waals surface area contributed by atoms with Gasteiger partial charge >= 0.3 is 0 Å². The van der Waals surface area contributed by atoms with Crippen molar-refractivity contribution in [2.24, 2.45) is 0 Å². The molecule has 0 atom stereocenters. The van der Waals surface area contributed by atoms with Crippen LogP contribution in [0.3, 0.4) is 0 Å². The number of benzene rings is 2. The summed E-state index contributed by atoms with van der Waals surface area (Å²) in [6.07, 6.45) is 0.824. The zero-order valence-electron chi connectivity index (χ0n) is 16.9. The van der Waals surface area contributed by atoms with Gasteiger partial charge in [-0.25, -0.2) is 0 Å². The first-order valence-electron chi connectivity index (χ1n) is 9.40. The summed E-state index contributed by atoms with van der Waals surface area (Å²) in [6.45, 7) is 3.38. The molecule has 0 aliphatic carbocycles. The molecule has 9 heteroatoms. The van der Waals surface area contributed by atoms with Crippen molar-refractivity contribution in [3.63, 3.8) is 0 Å². The van der Waals surface area contributed by atoms with E-state index in [0.717, 1.165) is 6.42 Å². The van der Waals surface area contributed by atoms with Crippen LogP contribution in [0.2, 0.25) is 0 Å². The molecule has 30 heavy (non-hydrogen) atoms.